The van der Waals surface area contributed by atoms with Gasteiger partial charge in [-0.2, -0.15) is 0 Å². The first kappa shape index (κ1) is 29.2. The van der Waals surface area contributed by atoms with Crippen LogP contribution in [-0.2, 0) is 28.3 Å². The maximum absolute atomic E-state index is 13.8. The van der Waals surface area contributed by atoms with Crippen molar-refractivity contribution in [3.8, 4) is 0 Å². The molecule has 0 amide bonds. The quantitative estimate of drug-likeness (QED) is 0.182. The van der Waals surface area contributed by atoms with Gasteiger partial charge in [0, 0.05) is 30.6 Å². The van der Waals surface area contributed by atoms with E-state index in [1.807, 2.05) is 0 Å². The summed E-state index contributed by atoms with van der Waals surface area (Å²) in [6.45, 7) is -0.835. The Morgan fingerprint density at radius 3 is 2.46 bits per heavy atom. The van der Waals surface area contributed by atoms with Crippen LogP contribution in [-0.4, -0.2) is 46.4 Å². The number of rotatable bonds is 8. The summed E-state index contributed by atoms with van der Waals surface area (Å²) >= 11 is 0. The van der Waals surface area contributed by atoms with Gasteiger partial charge in [-0.15, -0.1) is 12.4 Å². The number of pyridine rings is 1. The van der Waals surface area contributed by atoms with Gasteiger partial charge in [0.2, 0.25) is 0 Å². The molecular formula is C28H25ClN6O5S. The lowest BCUT2D eigenvalue weighted by atomic mass is 10.1. The molecule has 0 unspecified atom stereocenters. The van der Waals surface area contributed by atoms with Crippen molar-refractivity contribution in [3.05, 3.63) is 106 Å². The first-order valence-corrected chi connectivity index (χ1v) is 13.5. The molecule has 0 aliphatic carbocycles. The van der Waals surface area contributed by atoms with E-state index in [-0.39, 0.29) is 52.0 Å². The van der Waals surface area contributed by atoms with E-state index >= 15 is 0 Å². The molecule has 0 bridgehead atoms. The van der Waals surface area contributed by atoms with Crippen molar-refractivity contribution >= 4 is 61.9 Å². The van der Waals surface area contributed by atoms with Crippen molar-refractivity contribution < 1.29 is 18.3 Å². The molecule has 0 saturated carbocycles. The van der Waals surface area contributed by atoms with Gasteiger partial charge < -0.3 is 15.4 Å². The molecule has 210 valence electrons. The molecule has 0 saturated heterocycles. The van der Waals surface area contributed by atoms with Gasteiger partial charge in [-0.25, -0.2) is 13.4 Å². The summed E-state index contributed by atoms with van der Waals surface area (Å²) in [7, 11) is -2.78. The molecule has 0 aliphatic heterocycles. The number of carboxylic acids is 1. The Balaban J connectivity index is 0.00000387. The van der Waals surface area contributed by atoms with Crippen LogP contribution in [0.1, 0.15) is 16.8 Å². The third-order valence-electron chi connectivity index (χ3n) is 6.49. The van der Waals surface area contributed by atoms with E-state index in [1.54, 1.807) is 55.6 Å². The SMILES string of the molecule is Cl.Cn1c(=O)c(Cc2ccc(C(=N)N)cc2)nc2cc(N(CC(=O)O)S(=O)(=O)c3cccc4cccnc34)ccc21. The highest BCUT2D eigenvalue weighted by Gasteiger charge is 2.29. The van der Waals surface area contributed by atoms with E-state index in [1.165, 1.54) is 35.0 Å². The number of fused-ring (bicyclic) bond motifs is 2. The first-order valence-electron chi connectivity index (χ1n) is 12.1. The Morgan fingerprint density at radius 1 is 1.07 bits per heavy atom. The zero-order valence-electron chi connectivity index (χ0n) is 21.7. The van der Waals surface area contributed by atoms with E-state index in [9.17, 15) is 23.1 Å². The molecule has 0 aliphatic rings. The Hall–Kier alpha value is -4.81. The minimum Gasteiger partial charge on any atom is -0.480 e. The number of sulfonamides is 1. The second-order valence-corrected chi connectivity index (χ2v) is 11.0. The van der Waals surface area contributed by atoms with Gasteiger partial charge in [-0.3, -0.25) is 24.3 Å². The average molecular weight is 593 g/mol. The highest BCUT2D eigenvalue weighted by molar-refractivity contribution is 7.93. The van der Waals surface area contributed by atoms with Gasteiger partial charge in [0.25, 0.3) is 15.6 Å². The Kier molecular flexibility index (Phi) is 8.08. The number of hydrogen-bond donors (Lipinski definition) is 3. The topological polar surface area (TPSA) is 172 Å². The van der Waals surface area contributed by atoms with E-state index in [4.69, 9.17) is 11.1 Å². The fourth-order valence-electron chi connectivity index (χ4n) is 4.49. The molecular weight excluding hydrogens is 568 g/mol. The first-order chi connectivity index (χ1) is 19.1. The highest BCUT2D eigenvalue weighted by Crippen LogP contribution is 2.29. The van der Waals surface area contributed by atoms with E-state index in [2.05, 4.69) is 9.97 Å². The number of aromatic nitrogens is 3. The van der Waals surface area contributed by atoms with Crippen molar-refractivity contribution in [1.82, 2.24) is 14.5 Å². The van der Waals surface area contributed by atoms with Crippen LogP contribution in [0.25, 0.3) is 21.9 Å². The third-order valence-corrected chi connectivity index (χ3v) is 8.30. The molecule has 13 heteroatoms. The van der Waals surface area contributed by atoms with Crippen LogP contribution in [0.4, 0.5) is 5.69 Å². The van der Waals surface area contributed by atoms with Crippen LogP contribution < -0.4 is 15.6 Å². The van der Waals surface area contributed by atoms with Crippen LogP contribution in [0, 0.1) is 5.41 Å². The van der Waals surface area contributed by atoms with Crippen molar-refractivity contribution in [2.45, 2.75) is 11.3 Å². The van der Waals surface area contributed by atoms with Crippen LogP contribution in [0.3, 0.4) is 0 Å². The molecule has 0 spiro atoms. The Morgan fingerprint density at radius 2 is 1.78 bits per heavy atom. The second kappa shape index (κ2) is 11.4. The number of nitrogens with zero attached hydrogens (tertiary/aromatic N) is 4. The van der Waals surface area contributed by atoms with E-state index in [0.717, 1.165) is 9.87 Å². The molecule has 2 aromatic heterocycles. The number of amidine groups is 1. The summed E-state index contributed by atoms with van der Waals surface area (Å²) in [5.41, 5.74) is 7.79. The molecule has 5 rings (SSSR count). The normalized spacial score (nSPS) is 11.2. The molecule has 0 fully saturated rings. The maximum Gasteiger partial charge on any atom is 0.324 e. The summed E-state index contributed by atoms with van der Waals surface area (Å²) in [6, 6.07) is 19.4. The number of nitrogens with one attached hydrogen (secondary N) is 1. The lowest BCUT2D eigenvalue weighted by Crippen LogP contribution is -2.36. The number of carbonyl (C=O) groups is 1. The van der Waals surface area contributed by atoms with Gasteiger partial charge in [0.1, 0.15) is 23.0 Å². The van der Waals surface area contributed by atoms with E-state index in [0.29, 0.717) is 22.0 Å². The van der Waals surface area contributed by atoms with Gasteiger partial charge >= 0.3 is 5.97 Å². The fourth-order valence-corrected chi connectivity index (χ4v) is 6.06. The summed E-state index contributed by atoms with van der Waals surface area (Å²) in [4.78, 5) is 33.5. The van der Waals surface area contributed by atoms with Gasteiger partial charge in [-0.1, -0.05) is 42.5 Å². The number of aryl methyl sites for hydroxylation is 1. The van der Waals surface area contributed by atoms with Crippen molar-refractivity contribution in [2.75, 3.05) is 10.8 Å². The Labute approximate surface area is 240 Å². The lowest BCUT2D eigenvalue weighted by Gasteiger charge is -2.23. The predicted octanol–water partition coefficient (Wildman–Crippen LogP) is 3.06. The molecule has 2 heterocycles. The Bertz CT molecular complexity index is 1970. The smallest absolute Gasteiger partial charge is 0.324 e. The number of aliphatic carboxylic acids is 1. The monoisotopic (exact) mass is 592 g/mol. The standard InChI is InChI=1S/C28H24N6O5S.ClH/c1-33-23-12-11-20(15-21(23)32-22(28(33)37)14-17-7-9-19(10-8-17)27(29)30)34(16-25(35)36)40(38,39)24-6-2-4-18-5-3-13-31-26(18)24;/h2-13,15H,14,16H2,1H3,(H3,29,30)(H,35,36);1H. The number of carboxylic acid groups (broad SMARTS) is 1. The molecule has 4 N–H and O–H groups in total. The average Bonchev–Trinajstić information content (AvgIpc) is 2.94. The number of halogens is 1. The molecule has 0 radical (unpaired) electrons. The predicted molar refractivity (Wildman–Crippen MR) is 158 cm³/mol. The molecule has 41 heavy (non-hydrogen) atoms. The van der Waals surface area contributed by atoms with Gasteiger partial charge in [0.15, 0.2) is 0 Å². The maximum atomic E-state index is 13.8. The van der Waals surface area contributed by atoms with Crippen molar-refractivity contribution in [2.24, 2.45) is 12.8 Å². The number of anilines is 1. The van der Waals surface area contributed by atoms with Gasteiger partial charge in [0.05, 0.1) is 22.2 Å². The fraction of sp³-hybridized carbons (Fsp3) is 0.107. The zero-order valence-corrected chi connectivity index (χ0v) is 23.3. The summed E-state index contributed by atoms with van der Waals surface area (Å²) < 4.78 is 29.9. The largest absolute Gasteiger partial charge is 0.480 e. The molecule has 5 aromatic rings. The van der Waals surface area contributed by atoms with Crippen molar-refractivity contribution in [3.63, 3.8) is 0 Å². The second-order valence-electron chi connectivity index (χ2n) is 9.12. The molecule has 11 nitrogen and oxygen atoms in total. The molecule has 0 atom stereocenters. The number of para-hydroxylation sites is 1. The minimum atomic E-state index is -4.37. The summed E-state index contributed by atoms with van der Waals surface area (Å²) in [5, 5.41) is 17.8. The zero-order chi connectivity index (χ0) is 28.6. The lowest BCUT2D eigenvalue weighted by molar-refractivity contribution is -0.135. The summed E-state index contributed by atoms with van der Waals surface area (Å²) in [6.07, 6.45) is 1.66. The highest BCUT2D eigenvalue weighted by atomic mass is 35.5. The number of benzene rings is 3. The van der Waals surface area contributed by atoms with Crippen LogP contribution in [0.2, 0.25) is 0 Å². The van der Waals surface area contributed by atoms with Crippen LogP contribution in [0.5, 0.6) is 0 Å². The number of hydrogen-bond acceptors (Lipinski definition) is 7. The number of nitrogens with two attached hydrogens (primary N) is 1. The van der Waals surface area contributed by atoms with Crippen LogP contribution >= 0.6 is 12.4 Å². The summed E-state index contributed by atoms with van der Waals surface area (Å²) in [5.74, 6) is -1.42. The van der Waals surface area contributed by atoms with Crippen molar-refractivity contribution in [1.29, 1.82) is 5.41 Å². The van der Waals surface area contributed by atoms with E-state index < -0.39 is 22.5 Å². The molecule has 3 aromatic carbocycles. The third kappa shape index (κ3) is 5.60. The minimum absolute atomic E-state index is 0. The van der Waals surface area contributed by atoms with Gasteiger partial charge in [-0.05, 0) is 35.9 Å². The number of nitrogen functional groups attached to an aromatic ring is 1. The van der Waals surface area contributed by atoms with Crippen LogP contribution in [0.15, 0.2) is 88.7 Å².